The summed E-state index contributed by atoms with van der Waals surface area (Å²) in [4.78, 5) is 12.0. The molecule has 0 radical (unpaired) electrons. The van der Waals surface area contributed by atoms with E-state index in [1.165, 1.54) is 5.56 Å². The number of aryl methyl sites for hydroxylation is 2. The molecule has 1 atom stereocenters. The molecule has 2 rings (SSSR count). The van der Waals surface area contributed by atoms with Crippen molar-refractivity contribution in [2.24, 2.45) is 5.73 Å². The lowest BCUT2D eigenvalue weighted by molar-refractivity contribution is -0.122. The topological polar surface area (TPSA) is 55.1 Å². The minimum absolute atomic E-state index is 0.144. The molecule has 1 aromatic heterocycles. The molecule has 1 heterocycles. The van der Waals surface area contributed by atoms with Crippen molar-refractivity contribution in [3.8, 4) is 0 Å². The first kappa shape index (κ1) is 13.8. The Balaban J connectivity index is 1.96. The van der Waals surface area contributed by atoms with Gasteiger partial charge >= 0.3 is 0 Å². The van der Waals surface area contributed by atoms with E-state index in [9.17, 15) is 4.79 Å². The van der Waals surface area contributed by atoms with Crippen molar-refractivity contribution >= 4 is 17.2 Å². The average Bonchev–Trinajstić information content (AvgIpc) is 2.81. The molecular formula is C15H18N2OS. The highest BCUT2D eigenvalue weighted by molar-refractivity contribution is 7.08. The van der Waals surface area contributed by atoms with Gasteiger partial charge in [0.15, 0.2) is 0 Å². The van der Waals surface area contributed by atoms with Crippen LogP contribution in [0.3, 0.4) is 0 Å². The molecule has 3 N–H and O–H groups in total. The number of thiophene rings is 1. The van der Waals surface area contributed by atoms with Crippen molar-refractivity contribution in [3.63, 3.8) is 0 Å². The SMILES string of the molecule is Cc1ccc(C(N)C(=O)NCc2cscc2C)cc1. The van der Waals surface area contributed by atoms with Crippen LogP contribution in [0.15, 0.2) is 35.0 Å². The summed E-state index contributed by atoms with van der Waals surface area (Å²) < 4.78 is 0. The van der Waals surface area contributed by atoms with E-state index in [2.05, 4.69) is 10.7 Å². The molecule has 0 fully saturated rings. The molecule has 0 spiro atoms. The zero-order valence-corrected chi connectivity index (χ0v) is 12.0. The van der Waals surface area contributed by atoms with Crippen LogP contribution in [0.1, 0.15) is 28.3 Å². The van der Waals surface area contributed by atoms with E-state index in [-0.39, 0.29) is 5.91 Å². The second kappa shape index (κ2) is 5.99. The van der Waals surface area contributed by atoms with E-state index >= 15 is 0 Å². The Morgan fingerprint density at radius 2 is 1.95 bits per heavy atom. The van der Waals surface area contributed by atoms with Crippen LogP contribution in [0, 0.1) is 13.8 Å². The Morgan fingerprint density at radius 3 is 2.53 bits per heavy atom. The molecule has 0 saturated carbocycles. The lowest BCUT2D eigenvalue weighted by Gasteiger charge is -2.12. The number of nitrogens with two attached hydrogens (primary N) is 1. The van der Waals surface area contributed by atoms with Gasteiger partial charge in [-0.2, -0.15) is 11.3 Å². The van der Waals surface area contributed by atoms with Crippen LogP contribution < -0.4 is 11.1 Å². The van der Waals surface area contributed by atoms with Crippen molar-refractivity contribution in [2.75, 3.05) is 0 Å². The normalized spacial score (nSPS) is 12.2. The van der Waals surface area contributed by atoms with E-state index in [1.54, 1.807) is 11.3 Å². The lowest BCUT2D eigenvalue weighted by atomic mass is 10.1. The van der Waals surface area contributed by atoms with Gasteiger partial charge in [-0.1, -0.05) is 29.8 Å². The van der Waals surface area contributed by atoms with Crippen molar-refractivity contribution in [3.05, 3.63) is 57.3 Å². The van der Waals surface area contributed by atoms with Gasteiger partial charge in [0.1, 0.15) is 6.04 Å². The van der Waals surface area contributed by atoms with Crippen LogP contribution in [0.25, 0.3) is 0 Å². The standard InChI is InChI=1S/C15H18N2OS/c1-10-3-5-12(6-4-10)14(16)15(18)17-7-13-9-19-8-11(13)2/h3-6,8-9,14H,7,16H2,1-2H3,(H,17,18). The number of hydrogen-bond acceptors (Lipinski definition) is 3. The molecule has 2 aromatic rings. The van der Waals surface area contributed by atoms with Gasteiger partial charge in [-0.25, -0.2) is 0 Å². The largest absolute Gasteiger partial charge is 0.350 e. The molecule has 1 unspecified atom stereocenters. The van der Waals surface area contributed by atoms with Crippen LogP contribution in [0.4, 0.5) is 0 Å². The predicted molar refractivity (Wildman–Crippen MR) is 79.0 cm³/mol. The Hall–Kier alpha value is -1.65. The lowest BCUT2D eigenvalue weighted by Crippen LogP contribution is -2.33. The fourth-order valence-corrected chi connectivity index (χ4v) is 2.64. The maximum Gasteiger partial charge on any atom is 0.241 e. The zero-order chi connectivity index (χ0) is 13.8. The van der Waals surface area contributed by atoms with Crippen LogP contribution in [0.2, 0.25) is 0 Å². The quantitative estimate of drug-likeness (QED) is 0.900. The van der Waals surface area contributed by atoms with Gasteiger partial charge in [0.25, 0.3) is 0 Å². The summed E-state index contributed by atoms with van der Waals surface area (Å²) in [5, 5.41) is 7.00. The zero-order valence-electron chi connectivity index (χ0n) is 11.1. The predicted octanol–water partition coefficient (Wildman–Crippen LogP) is 2.68. The van der Waals surface area contributed by atoms with Gasteiger partial charge in [0.05, 0.1) is 0 Å². The molecule has 1 aromatic carbocycles. The van der Waals surface area contributed by atoms with Gasteiger partial charge in [0.2, 0.25) is 5.91 Å². The minimum Gasteiger partial charge on any atom is -0.350 e. The first-order valence-corrected chi connectivity index (χ1v) is 7.13. The fourth-order valence-electron chi connectivity index (χ4n) is 1.79. The molecule has 100 valence electrons. The summed E-state index contributed by atoms with van der Waals surface area (Å²) in [6, 6.07) is 7.11. The number of nitrogens with one attached hydrogen (secondary N) is 1. The molecule has 0 bridgehead atoms. The fraction of sp³-hybridized carbons (Fsp3) is 0.267. The monoisotopic (exact) mass is 274 g/mol. The van der Waals surface area contributed by atoms with Gasteiger partial charge in [0, 0.05) is 6.54 Å². The number of hydrogen-bond donors (Lipinski definition) is 2. The van der Waals surface area contributed by atoms with E-state index < -0.39 is 6.04 Å². The van der Waals surface area contributed by atoms with Crippen LogP contribution >= 0.6 is 11.3 Å². The number of benzene rings is 1. The van der Waals surface area contributed by atoms with Gasteiger partial charge < -0.3 is 11.1 Å². The third-order valence-corrected chi connectivity index (χ3v) is 4.04. The molecular weight excluding hydrogens is 256 g/mol. The third-order valence-electron chi connectivity index (χ3n) is 3.13. The molecule has 0 saturated heterocycles. The van der Waals surface area contributed by atoms with Crippen molar-refractivity contribution in [1.29, 1.82) is 0 Å². The summed E-state index contributed by atoms with van der Waals surface area (Å²) >= 11 is 1.64. The summed E-state index contributed by atoms with van der Waals surface area (Å²) in [5.74, 6) is -0.144. The van der Waals surface area contributed by atoms with Gasteiger partial charge in [-0.15, -0.1) is 0 Å². The van der Waals surface area contributed by atoms with E-state index in [0.29, 0.717) is 6.54 Å². The van der Waals surface area contributed by atoms with Crippen LogP contribution in [0.5, 0.6) is 0 Å². The van der Waals surface area contributed by atoms with Crippen LogP contribution in [-0.2, 0) is 11.3 Å². The third kappa shape index (κ3) is 3.43. The Morgan fingerprint density at radius 1 is 1.26 bits per heavy atom. The van der Waals surface area contributed by atoms with E-state index in [1.807, 2.05) is 43.5 Å². The number of amides is 1. The van der Waals surface area contributed by atoms with Crippen molar-refractivity contribution in [2.45, 2.75) is 26.4 Å². The Labute approximate surface area is 117 Å². The minimum atomic E-state index is -0.612. The molecule has 0 aliphatic heterocycles. The molecule has 3 nitrogen and oxygen atoms in total. The number of carbonyl (C=O) groups is 1. The van der Waals surface area contributed by atoms with E-state index in [4.69, 9.17) is 5.73 Å². The molecule has 4 heteroatoms. The highest BCUT2D eigenvalue weighted by atomic mass is 32.1. The van der Waals surface area contributed by atoms with Crippen molar-refractivity contribution in [1.82, 2.24) is 5.32 Å². The second-order valence-corrected chi connectivity index (χ2v) is 5.43. The van der Waals surface area contributed by atoms with Crippen LogP contribution in [-0.4, -0.2) is 5.91 Å². The molecule has 0 aliphatic carbocycles. The summed E-state index contributed by atoms with van der Waals surface area (Å²) in [7, 11) is 0. The number of carbonyl (C=O) groups excluding carboxylic acids is 1. The summed E-state index contributed by atoms with van der Waals surface area (Å²) in [6.45, 7) is 4.58. The first-order valence-electron chi connectivity index (χ1n) is 6.19. The smallest absolute Gasteiger partial charge is 0.241 e. The first-order chi connectivity index (χ1) is 9.08. The maximum absolute atomic E-state index is 12.0. The molecule has 19 heavy (non-hydrogen) atoms. The highest BCUT2D eigenvalue weighted by Gasteiger charge is 2.15. The maximum atomic E-state index is 12.0. The molecule has 1 amide bonds. The highest BCUT2D eigenvalue weighted by Crippen LogP contribution is 2.15. The summed E-state index contributed by atoms with van der Waals surface area (Å²) in [6.07, 6.45) is 0. The number of rotatable bonds is 4. The molecule has 0 aliphatic rings. The van der Waals surface area contributed by atoms with Gasteiger partial charge in [-0.3, -0.25) is 4.79 Å². The Kier molecular flexibility index (Phi) is 4.35. The van der Waals surface area contributed by atoms with Gasteiger partial charge in [-0.05, 0) is 41.3 Å². The average molecular weight is 274 g/mol. The van der Waals surface area contributed by atoms with Crippen molar-refractivity contribution < 1.29 is 4.79 Å². The summed E-state index contributed by atoms with van der Waals surface area (Å²) in [5.41, 5.74) is 10.3. The second-order valence-electron chi connectivity index (χ2n) is 4.69. The van der Waals surface area contributed by atoms with E-state index in [0.717, 1.165) is 16.7 Å². The Bertz CT molecular complexity index is 560.